The third kappa shape index (κ3) is 1.38. The maximum atomic E-state index is 12.2. The Morgan fingerprint density at radius 2 is 2.16 bits per heavy atom. The highest BCUT2D eigenvalue weighted by Gasteiger charge is 2.44. The normalized spacial score (nSPS) is 25.4. The van der Waals surface area contributed by atoms with E-state index in [2.05, 4.69) is 38.1 Å². The summed E-state index contributed by atoms with van der Waals surface area (Å²) < 4.78 is 1.37. The molecule has 2 aromatic rings. The third-order valence-electron chi connectivity index (χ3n) is 4.77. The quantitative estimate of drug-likeness (QED) is 0.686. The van der Waals surface area contributed by atoms with Crippen LogP contribution < -0.4 is 0 Å². The van der Waals surface area contributed by atoms with Crippen LogP contribution in [-0.2, 0) is 11.2 Å². The molecular formula is C17H16OS. The first kappa shape index (κ1) is 11.4. The fraction of sp³-hybridized carbons (Fsp3) is 0.353. The minimum atomic E-state index is -0.205. The first-order valence-corrected chi connectivity index (χ1v) is 7.67. The number of ketones is 1. The zero-order chi connectivity index (χ0) is 13.2. The molecule has 2 aliphatic rings. The van der Waals surface area contributed by atoms with Gasteiger partial charge in [-0.05, 0) is 54.8 Å². The van der Waals surface area contributed by atoms with Crippen molar-refractivity contribution in [3.8, 4) is 0 Å². The Balaban J connectivity index is 2.01. The lowest BCUT2D eigenvalue weighted by Gasteiger charge is -2.31. The molecule has 2 aliphatic carbocycles. The second kappa shape index (κ2) is 3.57. The topological polar surface area (TPSA) is 17.1 Å². The molecule has 1 heterocycles. The molecule has 1 aromatic carbocycles. The van der Waals surface area contributed by atoms with Gasteiger partial charge in [-0.1, -0.05) is 18.2 Å². The Kier molecular flexibility index (Phi) is 2.15. The van der Waals surface area contributed by atoms with E-state index in [-0.39, 0.29) is 5.41 Å². The van der Waals surface area contributed by atoms with Gasteiger partial charge in [0.1, 0.15) is 5.78 Å². The van der Waals surface area contributed by atoms with Crippen molar-refractivity contribution in [2.24, 2.45) is 5.41 Å². The van der Waals surface area contributed by atoms with E-state index in [1.165, 1.54) is 31.7 Å². The molecule has 2 heteroatoms. The molecule has 0 saturated carbocycles. The minimum absolute atomic E-state index is 0.205. The van der Waals surface area contributed by atoms with Crippen LogP contribution in [0.2, 0.25) is 0 Å². The van der Waals surface area contributed by atoms with Crippen molar-refractivity contribution < 1.29 is 4.79 Å². The zero-order valence-electron chi connectivity index (χ0n) is 11.2. The van der Waals surface area contributed by atoms with Crippen LogP contribution in [0.15, 0.2) is 24.3 Å². The first-order valence-electron chi connectivity index (χ1n) is 6.86. The van der Waals surface area contributed by atoms with Crippen molar-refractivity contribution in [1.82, 2.24) is 0 Å². The van der Waals surface area contributed by atoms with Crippen molar-refractivity contribution in [3.63, 3.8) is 0 Å². The summed E-state index contributed by atoms with van der Waals surface area (Å²) in [7, 11) is 0. The highest BCUT2D eigenvalue weighted by atomic mass is 32.1. The van der Waals surface area contributed by atoms with E-state index in [0.29, 0.717) is 12.2 Å². The van der Waals surface area contributed by atoms with E-state index in [1.54, 1.807) is 0 Å². The Labute approximate surface area is 116 Å². The predicted octanol–water partition coefficient (Wildman–Crippen LogP) is 4.52. The third-order valence-corrected chi connectivity index (χ3v) is 6.00. The fourth-order valence-corrected chi connectivity index (χ4v) is 5.03. The summed E-state index contributed by atoms with van der Waals surface area (Å²) >= 11 is 1.87. The molecule has 4 rings (SSSR count). The lowest BCUT2D eigenvalue weighted by Crippen LogP contribution is -2.28. The summed E-state index contributed by atoms with van der Waals surface area (Å²) in [5.74, 6) is 0.404. The predicted molar refractivity (Wildman–Crippen MR) is 80.6 cm³/mol. The maximum absolute atomic E-state index is 12.2. The monoisotopic (exact) mass is 268 g/mol. The number of rotatable bonds is 0. The van der Waals surface area contributed by atoms with Gasteiger partial charge in [0.2, 0.25) is 0 Å². The fourth-order valence-electron chi connectivity index (χ4n) is 3.51. The second-order valence-electron chi connectivity index (χ2n) is 5.99. The van der Waals surface area contributed by atoms with Gasteiger partial charge in [0.25, 0.3) is 0 Å². The molecule has 0 saturated heterocycles. The molecule has 0 unspecified atom stereocenters. The number of hydrogen-bond donors (Lipinski definition) is 0. The summed E-state index contributed by atoms with van der Waals surface area (Å²) in [5, 5.41) is 1.40. The lowest BCUT2D eigenvalue weighted by atomic mass is 9.72. The van der Waals surface area contributed by atoms with Crippen LogP contribution in [0.1, 0.15) is 35.8 Å². The SMILES string of the molecule is Cc1ccc2c3c(sc2c1)C1=CCC(=O)[C@]1(C)CC3. The van der Waals surface area contributed by atoms with Crippen LogP contribution in [0.3, 0.4) is 0 Å². The van der Waals surface area contributed by atoms with E-state index in [1.807, 2.05) is 11.3 Å². The van der Waals surface area contributed by atoms with Crippen molar-refractivity contribution in [3.05, 3.63) is 40.3 Å². The van der Waals surface area contributed by atoms with E-state index >= 15 is 0 Å². The van der Waals surface area contributed by atoms with E-state index in [0.717, 1.165) is 12.8 Å². The lowest BCUT2D eigenvalue weighted by molar-refractivity contribution is -0.123. The molecule has 96 valence electrons. The summed E-state index contributed by atoms with van der Waals surface area (Å²) in [6.07, 6.45) is 4.81. The van der Waals surface area contributed by atoms with Crippen molar-refractivity contribution in [2.75, 3.05) is 0 Å². The number of carbonyl (C=O) groups excluding carboxylic acids is 1. The molecular weight excluding hydrogens is 252 g/mol. The van der Waals surface area contributed by atoms with E-state index in [4.69, 9.17) is 0 Å². The Morgan fingerprint density at radius 1 is 1.32 bits per heavy atom. The molecule has 0 amide bonds. The summed E-state index contributed by atoms with van der Waals surface area (Å²) in [6, 6.07) is 6.71. The van der Waals surface area contributed by atoms with Gasteiger partial charge >= 0.3 is 0 Å². The van der Waals surface area contributed by atoms with Gasteiger partial charge in [-0.3, -0.25) is 4.79 Å². The average Bonchev–Trinajstić information content (AvgIpc) is 2.87. The molecule has 19 heavy (non-hydrogen) atoms. The van der Waals surface area contributed by atoms with Crippen LogP contribution in [0.5, 0.6) is 0 Å². The van der Waals surface area contributed by atoms with Gasteiger partial charge in [0.05, 0.1) is 5.41 Å². The number of carbonyl (C=O) groups is 1. The number of hydrogen-bond acceptors (Lipinski definition) is 2. The Hall–Kier alpha value is -1.41. The number of benzene rings is 1. The number of allylic oxidation sites excluding steroid dienone is 2. The minimum Gasteiger partial charge on any atom is -0.298 e. The molecule has 1 aromatic heterocycles. The Morgan fingerprint density at radius 3 is 3.00 bits per heavy atom. The van der Waals surface area contributed by atoms with Crippen molar-refractivity contribution >= 4 is 32.8 Å². The Bertz CT molecular complexity index is 750. The average molecular weight is 268 g/mol. The standard InChI is InChI=1S/C17H16OS/c1-10-3-4-11-12-7-8-17(2)13(5-6-15(17)18)16(12)19-14(11)9-10/h3-5,9H,6-8H2,1-2H3/t17-/m1/s1. The number of thiophene rings is 1. The molecule has 0 N–H and O–H groups in total. The van der Waals surface area contributed by atoms with Gasteiger partial charge in [0, 0.05) is 16.0 Å². The summed E-state index contributed by atoms with van der Waals surface area (Å²) in [6.45, 7) is 4.27. The van der Waals surface area contributed by atoms with Crippen molar-refractivity contribution in [2.45, 2.75) is 33.1 Å². The largest absolute Gasteiger partial charge is 0.298 e. The molecule has 0 radical (unpaired) electrons. The second-order valence-corrected chi connectivity index (χ2v) is 7.04. The van der Waals surface area contributed by atoms with Gasteiger partial charge in [-0.25, -0.2) is 0 Å². The molecule has 0 bridgehead atoms. The smallest absolute Gasteiger partial charge is 0.146 e. The van der Waals surface area contributed by atoms with Gasteiger partial charge in [-0.2, -0.15) is 0 Å². The van der Waals surface area contributed by atoms with E-state index < -0.39 is 0 Å². The molecule has 0 aliphatic heterocycles. The molecule has 1 atom stereocenters. The molecule has 0 spiro atoms. The number of aryl methyl sites for hydroxylation is 2. The summed E-state index contributed by atoms with van der Waals surface area (Å²) in [4.78, 5) is 13.5. The zero-order valence-corrected chi connectivity index (χ0v) is 12.1. The van der Waals surface area contributed by atoms with Crippen LogP contribution >= 0.6 is 11.3 Å². The van der Waals surface area contributed by atoms with Gasteiger partial charge in [-0.15, -0.1) is 11.3 Å². The van der Waals surface area contributed by atoms with Crippen LogP contribution in [0.25, 0.3) is 15.7 Å². The summed E-state index contributed by atoms with van der Waals surface area (Å²) in [5.41, 5.74) is 3.88. The first-order chi connectivity index (χ1) is 9.09. The maximum Gasteiger partial charge on any atom is 0.146 e. The highest BCUT2D eigenvalue weighted by molar-refractivity contribution is 7.20. The number of Topliss-reactive ketones (excluding diaryl/α,β-unsaturated/α-hetero) is 1. The van der Waals surface area contributed by atoms with Gasteiger partial charge < -0.3 is 0 Å². The number of fused-ring (bicyclic) bond motifs is 5. The van der Waals surface area contributed by atoms with Gasteiger partial charge in [0.15, 0.2) is 0 Å². The molecule has 0 fully saturated rings. The highest BCUT2D eigenvalue weighted by Crippen LogP contribution is 2.53. The van der Waals surface area contributed by atoms with Crippen LogP contribution in [-0.4, -0.2) is 5.78 Å². The van der Waals surface area contributed by atoms with E-state index in [9.17, 15) is 4.79 Å². The van der Waals surface area contributed by atoms with Crippen LogP contribution in [0, 0.1) is 12.3 Å². The molecule has 1 nitrogen and oxygen atoms in total. The van der Waals surface area contributed by atoms with Crippen molar-refractivity contribution in [1.29, 1.82) is 0 Å². The van der Waals surface area contributed by atoms with Crippen LogP contribution in [0.4, 0.5) is 0 Å².